The van der Waals surface area contributed by atoms with Gasteiger partial charge in [0.05, 0.1) is 0 Å². The van der Waals surface area contributed by atoms with Crippen LogP contribution in [0.5, 0.6) is 0 Å². The Hall–Kier alpha value is -1.06. The van der Waals surface area contributed by atoms with Crippen molar-refractivity contribution in [2.45, 2.75) is 72.0 Å². The smallest absolute Gasteiger partial charge is 0.249 e. The molecule has 0 saturated carbocycles. The number of hydrogen-bond acceptors (Lipinski definition) is 2. The molecule has 1 aliphatic heterocycles. The molecular weight excluding hydrogens is 228 g/mol. The molecule has 1 N–H and O–H groups in total. The van der Waals surface area contributed by atoms with Crippen molar-refractivity contribution in [3.05, 3.63) is 0 Å². The van der Waals surface area contributed by atoms with E-state index < -0.39 is 5.54 Å². The van der Waals surface area contributed by atoms with Gasteiger partial charge >= 0.3 is 0 Å². The van der Waals surface area contributed by atoms with Crippen molar-refractivity contribution in [2.75, 3.05) is 0 Å². The SMILES string of the molecule is CCC1(CC)NC(=O)C(C(C)C)N(C(C)C)C1=O. The quantitative estimate of drug-likeness (QED) is 0.833. The molecule has 0 bridgehead atoms. The van der Waals surface area contributed by atoms with E-state index in [1.165, 1.54) is 0 Å². The maximum atomic E-state index is 12.7. The van der Waals surface area contributed by atoms with Crippen LogP contribution in [-0.2, 0) is 9.59 Å². The molecule has 0 aliphatic carbocycles. The largest absolute Gasteiger partial charge is 0.340 e. The molecule has 1 rings (SSSR count). The predicted molar refractivity (Wildman–Crippen MR) is 72.1 cm³/mol. The molecule has 1 fully saturated rings. The molecule has 2 amide bonds. The molecule has 4 heteroatoms. The molecule has 1 heterocycles. The lowest BCUT2D eigenvalue weighted by molar-refractivity contribution is -0.159. The van der Waals surface area contributed by atoms with Gasteiger partial charge < -0.3 is 10.2 Å². The molecule has 1 saturated heterocycles. The molecule has 0 aromatic rings. The van der Waals surface area contributed by atoms with Crippen molar-refractivity contribution in [2.24, 2.45) is 5.92 Å². The van der Waals surface area contributed by atoms with Gasteiger partial charge in [0.25, 0.3) is 0 Å². The number of rotatable bonds is 4. The van der Waals surface area contributed by atoms with Crippen LogP contribution in [0.15, 0.2) is 0 Å². The van der Waals surface area contributed by atoms with Crippen LogP contribution >= 0.6 is 0 Å². The molecule has 0 aromatic carbocycles. The highest BCUT2D eigenvalue weighted by atomic mass is 16.2. The van der Waals surface area contributed by atoms with Crippen LogP contribution in [-0.4, -0.2) is 34.3 Å². The fourth-order valence-corrected chi connectivity index (χ4v) is 2.77. The summed E-state index contributed by atoms with van der Waals surface area (Å²) in [5, 5.41) is 2.97. The minimum Gasteiger partial charge on any atom is -0.340 e. The summed E-state index contributed by atoms with van der Waals surface area (Å²) in [5.74, 6) is 0.186. The topological polar surface area (TPSA) is 49.4 Å². The van der Waals surface area contributed by atoms with Gasteiger partial charge in [0.15, 0.2) is 0 Å². The average Bonchev–Trinajstić information content (AvgIpc) is 2.30. The first kappa shape index (κ1) is 15.0. The minimum absolute atomic E-state index is 0.0120. The highest BCUT2D eigenvalue weighted by Crippen LogP contribution is 2.29. The van der Waals surface area contributed by atoms with E-state index in [4.69, 9.17) is 0 Å². The predicted octanol–water partition coefficient (Wildman–Crippen LogP) is 1.94. The number of piperazine rings is 1. The van der Waals surface area contributed by atoms with Crippen LogP contribution in [0.25, 0.3) is 0 Å². The average molecular weight is 254 g/mol. The molecule has 1 unspecified atom stereocenters. The Balaban J connectivity index is 3.20. The summed E-state index contributed by atoms with van der Waals surface area (Å²) in [5.41, 5.74) is -0.702. The number of amides is 2. The second-order valence-electron chi connectivity index (χ2n) is 5.77. The van der Waals surface area contributed by atoms with Crippen LogP contribution in [0.3, 0.4) is 0 Å². The van der Waals surface area contributed by atoms with Gasteiger partial charge in [-0.2, -0.15) is 0 Å². The summed E-state index contributed by atoms with van der Waals surface area (Å²) in [4.78, 5) is 26.8. The second kappa shape index (κ2) is 5.29. The van der Waals surface area contributed by atoms with Gasteiger partial charge in [0, 0.05) is 6.04 Å². The number of nitrogens with zero attached hydrogens (tertiary/aromatic N) is 1. The normalized spacial score (nSPS) is 23.8. The maximum absolute atomic E-state index is 12.7. The van der Waals surface area contributed by atoms with Crippen LogP contribution in [0.1, 0.15) is 54.4 Å². The molecule has 0 spiro atoms. The Labute approximate surface area is 110 Å². The summed E-state index contributed by atoms with van der Waals surface area (Å²) in [6, 6.07) is -0.294. The van der Waals surface area contributed by atoms with Crippen LogP contribution in [0, 0.1) is 5.92 Å². The Bertz CT molecular complexity index is 333. The van der Waals surface area contributed by atoms with Gasteiger partial charge in [-0.3, -0.25) is 9.59 Å². The Morgan fingerprint density at radius 1 is 1.17 bits per heavy atom. The van der Waals surface area contributed by atoms with Gasteiger partial charge in [0.1, 0.15) is 11.6 Å². The van der Waals surface area contributed by atoms with E-state index in [-0.39, 0.29) is 29.8 Å². The third-order valence-electron chi connectivity index (χ3n) is 3.97. The number of nitrogens with one attached hydrogen (secondary N) is 1. The lowest BCUT2D eigenvalue weighted by atomic mass is 9.84. The standard InChI is InChI=1S/C14H26N2O2/c1-7-14(8-2)13(18)16(10(5)6)11(9(3)4)12(17)15-14/h9-11H,7-8H2,1-6H3,(H,15,17). The Morgan fingerprint density at radius 3 is 2.00 bits per heavy atom. The van der Waals surface area contributed by atoms with Crippen molar-refractivity contribution in [3.63, 3.8) is 0 Å². The van der Waals surface area contributed by atoms with Crippen LogP contribution < -0.4 is 5.32 Å². The third kappa shape index (κ3) is 2.25. The molecule has 1 atom stereocenters. The lowest BCUT2D eigenvalue weighted by Crippen LogP contribution is -2.72. The first-order valence-electron chi connectivity index (χ1n) is 6.95. The zero-order chi connectivity index (χ0) is 14.1. The number of carbonyl (C=O) groups is 2. The van der Waals surface area contributed by atoms with E-state index >= 15 is 0 Å². The molecule has 0 aromatic heterocycles. The first-order valence-corrected chi connectivity index (χ1v) is 6.95. The summed E-state index contributed by atoms with van der Waals surface area (Å²) in [6.45, 7) is 11.8. The molecule has 18 heavy (non-hydrogen) atoms. The highest BCUT2D eigenvalue weighted by Gasteiger charge is 2.50. The van der Waals surface area contributed by atoms with E-state index in [0.717, 1.165) is 0 Å². The lowest BCUT2D eigenvalue weighted by Gasteiger charge is -2.48. The van der Waals surface area contributed by atoms with E-state index in [0.29, 0.717) is 12.8 Å². The van der Waals surface area contributed by atoms with E-state index in [9.17, 15) is 9.59 Å². The van der Waals surface area contributed by atoms with Crippen molar-refractivity contribution < 1.29 is 9.59 Å². The van der Waals surface area contributed by atoms with Gasteiger partial charge in [-0.15, -0.1) is 0 Å². The zero-order valence-electron chi connectivity index (χ0n) is 12.4. The highest BCUT2D eigenvalue weighted by molar-refractivity contribution is 6.00. The number of carbonyl (C=O) groups excluding carboxylic acids is 2. The summed E-state index contributed by atoms with van der Waals surface area (Å²) < 4.78 is 0. The van der Waals surface area contributed by atoms with E-state index in [1.807, 2.05) is 41.5 Å². The third-order valence-corrected chi connectivity index (χ3v) is 3.97. The van der Waals surface area contributed by atoms with Gasteiger partial charge in [0.2, 0.25) is 11.8 Å². The zero-order valence-corrected chi connectivity index (χ0v) is 12.4. The first-order chi connectivity index (χ1) is 8.30. The molecular formula is C14H26N2O2. The second-order valence-corrected chi connectivity index (χ2v) is 5.77. The van der Waals surface area contributed by atoms with Crippen molar-refractivity contribution >= 4 is 11.8 Å². The molecule has 104 valence electrons. The Kier molecular flexibility index (Phi) is 4.41. The fraction of sp³-hybridized carbons (Fsp3) is 0.857. The molecule has 0 radical (unpaired) electrons. The van der Waals surface area contributed by atoms with Crippen molar-refractivity contribution in [3.8, 4) is 0 Å². The minimum atomic E-state index is -0.702. The van der Waals surface area contributed by atoms with E-state index in [2.05, 4.69) is 5.32 Å². The monoisotopic (exact) mass is 254 g/mol. The Morgan fingerprint density at radius 2 is 1.67 bits per heavy atom. The van der Waals surface area contributed by atoms with E-state index in [1.54, 1.807) is 4.90 Å². The molecule has 1 aliphatic rings. The van der Waals surface area contributed by atoms with Gasteiger partial charge in [-0.25, -0.2) is 0 Å². The van der Waals surface area contributed by atoms with Crippen LogP contribution in [0.4, 0.5) is 0 Å². The number of hydrogen-bond donors (Lipinski definition) is 1. The van der Waals surface area contributed by atoms with Gasteiger partial charge in [-0.05, 0) is 32.6 Å². The fourth-order valence-electron chi connectivity index (χ4n) is 2.77. The maximum Gasteiger partial charge on any atom is 0.249 e. The summed E-state index contributed by atoms with van der Waals surface area (Å²) in [6.07, 6.45) is 1.28. The molecule has 4 nitrogen and oxygen atoms in total. The van der Waals surface area contributed by atoms with Crippen LogP contribution in [0.2, 0.25) is 0 Å². The summed E-state index contributed by atoms with van der Waals surface area (Å²) in [7, 11) is 0. The van der Waals surface area contributed by atoms with Crippen molar-refractivity contribution in [1.82, 2.24) is 10.2 Å². The van der Waals surface area contributed by atoms with Crippen molar-refractivity contribution in [1.29, 1.82) is 0 Å². The summed E-state index contributed by atoms with van der Waals surface area (Å²) >= 11 is 0. The van der Waals surface area contributed by atoms with Gasteiger partial charge in [-0.1, -0.05) is 27.7 Å².